The van der Waals surface area contributed by atoms with Crippen LogP contribution in [0.4, 0.5) is 0 Å². The molecule has 0 atom stereocenters. The van der Waals surface area contributed by atoms with E-state index < -0.39 is 12.9 Å². The van der Waals surface area contributed by atoms with Crippen molar-refractivity contribution in [1.29, 1.82) is 0 Å². The van der Waals surface area contributed by atoms with Gasteiger partial charge in [-0.3, -0.25) is 0 Å². The van der Waals surface area contributed by atoms with E-state index in [0.29, 0.717) is 0 Å². The SMILES string of the molecule is O=P(O)(O)O.O=[N+]([O-])[O-].[Li+]. The van der Waals surface area contributed by atoms with Gasteiger partial charge in [0.05, 0.1) is 5.09 Å². The molecule has 8 nitrogen and oxygen atoms in total. The van der Waals surface area contributed by atoms with E-state index in [1.807, 2.05) is 0 Å². The summed E-state index contributed by atoms with van der Waals surface area (Å²) in [5.74, 6) is 0. The predicted octanol–water partition coefficient (Wildman–Crippen LogP) is -4.16. The summed E-state index contributed by atoms with van der Waals surface area (Å²) in [7, 11) is -4.64. The molecule has 0 aromatic heterocycles. The molecule has 0 spiro atoms. The Morgan fingerprint density at radius 3 is 1.20 bits per heavy atom. The summed E-state index contributed by atoms with van der Waals surface area (Å²) in [5, 5.41) is 14.8. The molecule has 10 heavy (non-hydrogen) atoms. The molecule has 0 aliphatic heterocycles. The topological polar surface area (TPSA) is 144 Å². The zero-order chi connectivity index (χ0) is 8.08. The first-order valence-electron chi connectivity index (χ1n) is 1.33. The molecule has 0 saturated carbocycles. The fourth-order valence-corrected chi connectivity index (χ4v) is 0. The van der Waals surface area contributed by atoms with Gasteiger partial charge in [-0.1, -0.05) is 0 Å². The first-order valence-corrected chi connectivity index (χ1v) is 2.90. The third kappa shape index (κ3) is 44000. The van der Waals surface area contributed by atoms with Crippen LogP contribution in [-0.2, 0) is 4.57 Å². The second kappa shape index (κ2) is 7.02. The summed E-state index contributed by atoms with van der Waals surface area (Å²) in [6.45, 7) is 0. The third-order valence-electron chi connectivity index (χ3n) is 0. The van der Waals surface area contributed by atoms with Crippen LogP contribution >= 0.6 is 7.82 Å². The standard InChI is InChI=1S/Li.NO3.H3O4P/c;2-1(3)4;1-5(2,3)4/h;;(H3,1,2,3,4)/q+1;-1;. The summed E-state index contributed by atoms with van der Waals surface area (Å²) >= 11 is 0. The summed E-state index contributed by atoms with van der Waals surface area (Å²) in [4.78, 5) is 29.8. The van der Waals surface area contributed by atoms with Gasteiger partial charge >= 0.3 is 26.7 Å². The van der Waals surface area contributed by atoms with Crippen LogP contribution in [0.5, 0.6) is 0 Å². The molecule has 0 radical (unpaired) electrons. The Bertz CT molecular complexity index is 113. The van der Waals surface area contributed by atoms with Gasteiger partial charge < -0.3 is 30.0 Å². The van der Waals surface area contributed by atoms with Gasteiger partial charge in [0.1, 0.15) is 0 Å². The molecule has 3 N–H and O–H groups in total. The Morgan fingerprint density at radius 1 is 1.20 bits per heavy atom. The van der Waals surface area contributed by atoms with Crippen molar-refractivity contribution in [2.24, 2.45) is 0 Å². The zero-order valence-corrected chi connectivity index (χ0v) is 5.76. The van der Waals surface area contributed by atoms with Crippen LogP contribution in [0, 0.1) is 15.3 Å². The van der Waals surface area contributed by atoms with E-state index >= 15 is 0 Å². The Hall–Kier alpha value is -0.0926. The van der Waals surface area contributed by atoms with E-state index in [9.17, 15) is 0 Å². The molecule has 0 fully saturated rings. The number of phosphoric acid groups is 1. The molecule has 0 bridgehead atoms. The summed E-state index contributed by atoms with van der Waals surface area (Å²) in [6, 6.07) is 0. The van der Waals surface area contributed by atoms with Gasteiger partial charge in [0.15, 0.2) is 0 Å². The van der Waals surface area contributed by atoms with E-state index in [2.05, 4.69) is 0 Å². The van der Waals surface area contributed by atoms with Crippen molar-refractivity contribution in [2.75, 3.05) is 0 Å². The maximum absolute atomic E-state index is 8.88. The predicted molar refractivity (Wildman–Crippen MR) is 24.6 cm³/mol. The fourth-order valence-electron chi connectivity index (χ4n) is 0. The molecule has 0 aromatic rings. The Morgan fingerprint density at radius 2 is 1.20 bits per heavy atom. The molecule has 56 valence electrons. The smallest absolute Gasteiger partial charge is 0.356 e. The van der Waals surface area contributed by atoms with Crippen molar-refractivity contribution in [3.8, 4) is 0 Å². The van der Waals surface area contributed by atoms with Crippen molar-refractivity contribution in [3.63, 3.8) is 0 Å². The number of hydrogen-bond donors (Lipinski definition) is 3. The minimum absolute atomic E-state index is 0. The first kappa shape index (κ1) is 16.5. The molecule has 0 amide bonds. The molecule has 0 aliphatic rings. The van der Waals surface area contributed by atoms with Crippen molar-refractivity contribution < 1.29 is 43.2 Å². The van der Waals surface area contributed by atoms with Gasteiger partial charge in [0.2, 0.25) is 0 Å². The van der Waals surface area contributed by atoms with Gasteiger partial charge in [-0.15, -0.1) is 0 Å². The molecule has 0 rings (SSSR count). The molecular formula is H3LiNO7P. The quantitative estimate of drug-likeness (QED) is 0.143. The number of hydrogen-bond acceptors (Lipinski definition) is 4. The molecule has 0 heterocycles. The molecule has 0 unspecified atom stereocenters. The van der Waals surface area contributed by atoms with Gasteiger partial charge in [0, 0.05) is 0 Å². The van der Waals surface area contributed by atoms with Crippen LogP contribution in [-0.4, -0.2) is 19.8 Å². The third-order valence-corrected chi connectivity index (χ3v) is 0. The number of nitrogens with zero attached hydrogens (tertiary/aromatic N) is 1. The number of rotatable bonds is 0. The molecule has 0 aliphatic carbocycles. The Labute approximate surface area is 67.0 Å². The minimum Gasteiger partial charge on any atom is -0.356 e. The maximum atomic E-state index is 8.88. The minimum atomic E-state index is -4.64. The summed E-state index contributed by atoms with van der Waals surface area (Å²) in [6.07, 6.45) is 0. The molecule has 0 saturated heterocycles. The largest absolute Gasteiger partial charge is 1.00 e. The van der Waals surface area contributed by atoms with Gasteiger partial charge in [0.25, 0.3) is 0 Å². The second-order valence-corrected chi connectivity index (χ2v) is 1.76. The Kier molecular flexibility index (Phi) is 11.6. The van der Waals surface area contributed by atoms with Crippen LogP contribution in [0.2, 0.25) is 0 Å². The van der Waals surface area contributed by atoms with Gasteiger partial charge in [-0.2, -0.15) is 0 Å². The van der Waals surface area contributed by atoms with Crippen molar-refractivity contribution in [3.05, 3.63) is 15.3 Å². The van der Waals surface area contributed by atoms with Gasteiger partial charge in [-0.25, -0.2) is 4.57 Å². The van der Waals surface area contributed by atoms with E-state index in [-0.39, 0.29) is 18.9 Å². The van der Waals surface area contributed by atoms with Crippen LogP contribution in [0.25, 0.3) is 0 Å². The Balaban J connectivity index is -0.0000000910. The normalized spacial score (nSPS) is 8.30. The second-order valence-electron chi connectivity index (χ2n) is 0.737. The van der Waals surface area contributed by atoms with Gasteiger partial charge in [-0.05, 0) is 0 Å². The first-order chi connectivity index (χ1) is 3.73. The summed E-state index contributed by atoms with van der Waals surface area (Å²) in [5.41, 5.74) is 0. The maximum Gasteiger partial charge on any atom is 1.00 e. The van der Waals surface area contributed by atoms with Crippen molar-refractivity contribution >= 4 is 7.82 Å². The fraction of sp³-hybridized carbons (Fsp3) is 0. The summed E-state index contributed by atoms with van der Waals surface area (Å²) < 4.78 is 8.88. The van der Waals surface area contributed by atoms with E-state index in [1.165, 1.54) is 0 Å². The monoisotopic (exact) mass is 167 g/mol. The molecule has 0 aromatic carbocycles. The van der Waals surface area contributed by atoms with Crippen molar-refractivity contribution in [1.82, 2.24) is 0 Å². The van der Waals surface area contributed by atoms with E-state index in [0.717, 1.165) is 0 Å². The average Bonchev–Trinajstić information content (AvgIpc) is 1.19. The molecular weight excluding hydrogens is 164 g/mol. The molecule has 10 heteroatoms. The average molecular weight is 167 g/mol. The van der Waals surface area contributed by atoms with Crippen LogP contribution < -0.4 is 18.9 Å². The zero-order valence-electron chi connectivity index (χ0n) is 4.87. The van der Waals surface area contributed by atoms with E-state index in [4.69, 9.17) is 34.6 Å². The van der Waals surface area contributed by atoms with Crippen LogP contribution in [0.3, 0.4) is 0 Å². The van der Waals surface area contributed by atoms with Crippen molar-refractivity contribution in [2.45, 2.75) is 0 Å². The van der Waals surface area contributed by atoms with Crippen LogP contribution in [0.1, 0.15) is 0 Å². The van der Waals surface area contributed by atoms with E-state index in [1.54, 1.807) is 0 Å². The van der Waals surface area contributed by atoms with Crippen LogP contribution in [0.15, 0.2) is 0 Å².